The summed E-state index contributed by atoms with van der Waals surface area (Å²) < 4.78 is 19.9. The van der Waals surface area contributed by atoms with Crippen LogP contribution in [0, 0.1) is 30.1 Å². The number of hydrogen-bond acceptors (Lipinski definition) is 5. The van der Waals surface area contributed by atoms with E-state index in [4.69, 9.17) is 11.3 Å². The normalized spacial score (nSPS) is 26.4. The monoisotopic (exact) mass is 587 g/mol. The number of alkyl carbamates (subject to hydrolysis) is 1. The van der Waals surface area contributed by atoms with Crippen LogP contribution in [0.5, 0.6) is 0 Å². The van der Waals surface area contributed by atoms with Gasteiger partial charge in [-0.25, -0.2) is 14.0 Å². The molecular weight excluding hydrogens is 541 g/mol. The predicted molar refractivity (Wildman–Crippen MR) is 168 cm³/mol. The second-order valence-electron chi connectivity index (χ2n) is 13.3. The van der Waals surface area contributed by atoms with Gasteiger partial charge in [-0.15, -0.1) is 0 Å². The zero-order valence-corrected chi connectivity index (χ0v) is 25.5. The molecule has 0 unspecified atom stereocenters. The molecule has 4 atom stereocenters. The standard InChI is InChI=1S/C35H46FN5O2/c1-37-30-10-12-31(13-11-30)41-21-14-26(24-41)23-39-19-15-27(16-20-39)35(25-40-17-5-18-40,28-6-3-7-29(36)22-28)32-8-4-9-33(32)38-34(42)43-2/h3,6-7,10-13,22,26-27,32-33H,4-5,8-9,14-21,23-25H2,2H3,(H,38,42)/t26-,32-,33-,35-/m0/s1. The van der Waals surface area contributed by atoms with Crippen molar-refractivity contribution < 1.29 is 13.9 Å². The van der Waals surface area contributed by atoms with E-state index in [0.29, 0.717) is 17.5 Å². The summed E-state index contributed by atoms with van der Waals surface area (Å²) in [7, 11) is 1.43. The van der Waals surface area contributed by atoms with Gasteiger partial charge in [0.25, 0.3) is 0 Å². The third-order valence-electron chi connectivity index (χ3n) is 10.9. The smallest absolute Gasteiger partial charge is 0.407 e. The van der Waals surface area contributed by atoms with Gasteiger partial charge in [0.1, 0.15) is 5.82 Å². The van der Waals surface area contributed by atoms with E-state index in [9.17, 15) is 9.18 Å². The second kappa shape index (κ2) is 13.2. The quantitative estimate of drug-likeness (QED) is 0.361. The van der Waals surface area contributed by atoms with Crippen molar-refractivity contribution in [3.63, 3.8) is 0 Å². The Morgan fingerprint density at radius 2 is 1.79 bits per heavy atom. The molecule has 4 aliphatic rings. The van der Waals surface area contributed by atoms with Crippen molar-refractivity contribution >= 4 is 17.5 Å². The topological polar surface area (TPSA) is 52.4 Å². The molecule has 0 radical (unpaired) electrons. The number of ether oxygens (including phenoxy) is 1. The fourth-order valence-corrected chi connectivity index (χ4v) is 8.69. The summed E-state index contributed by atoms with van der Waals surface area (Å²) in [4.78, 5) is 23.6. The molecular formula is C35H46FN5O2. The third-order valence-corrected chi connectivity index (χ3v) is 10.9. The van der Waals surface area contributed by atoms with Gasteiger partial charge in [-0.1, -0.05) is 30.7 Å². The van der Waals surface area contributed by atoms with Crippen molar-refractivity contribution in [3.05, 3.63) is 71.3 Å². The van der Waals surface area contributed by atoms with Crippen LogP contribution < -0.4 is 10.2 Å². The Hall–Kier alpha value is -3.15. The molecule has 43 heavy (non-hydrogen) atoms. The summed E-state index contributed by atoms with van der Waals surface area (Å²) in [5.74, 6) is 1.11. The molecule has 7 nitrogen and oxygen atoms in total. The van der Waals surface area contributed by atoms with Gasteiger partial charge in [0.2, 0.25) is 0 Å². The van der Waals surface area contributed by atoms with E-state index >= 15 is 0 Å². The highest BCUT2D eigenvalue weighted by Gasteiger charge is 2.53. The van der Waals surface area contributed by atoms with Crippen LogP contribution in [-0.4, -0.2) is 81.4 Å². The fraction of sp³-hybridized carbons (Fsp3) is 0.600. The number of likely N-dealkylation sites (tertiary alicyclic amines) is 2. The predicted octanol–water partition coefficient (Wildman–Crippen LogP) is 6.08. The Labute approximate surface area is 256 Å². The molecule has 6 rings (SSSR count). The van der Waals surface area contributed by atoms with Crippen LogP contribution in [0.3, 0.4) is 0 Å². The molecule has 3 heterocycles. The molecule has 1 amide bonds. The van der Waals surface area contributed by atoms with Crippen LogP contribution in [0.15, 0.2) is 48.5 Å². The summed E-state index contributed by atoms with van der Waals surface area (Å²) >= 11 is 0. The van der Waals surface area contributed by atoms with Crippen LogP contribution in [0.2, 0.25) is 0 Å². The Bertz CT molecular complexity index is 1290. The van der Waals surface area contributed by atoms with Gasteiger partial charge < -0.3 is 24.8 Å². The first-order valence-electron chi connectivity index (χ1n) is 16.3. The average molecular weight is 588 g/mol. The van der Waals surface area contributed by atoms with E-state index in [-0.39, 0.29) is 29.3 Å². The van der Waals surface area contributed by atoms with E-state index in [1.165, 1.54) is 25.6 Å². The molecule has 4 fully saturated rings. The highest BCUT2D eigenvalue weighted by molar-refractivity contribution is 5.67. The van der Waals surface area contributed by atoms with E-state index in [1.54, 1.807) is 12.1 Å². The van der Waals surface area contributed by atoms with E-state index < -0.39 is 0 Å². The van der Waals surface area contributed by atoms with Gasteiger partial charge in [0.05, 0.1) is 13.7 Å². The van der Waals surface area contributed by atoms with Gasteiger partial charge in [-0.2, -0.15) is 0 Å². The Balaban J connectivity index is 1.19. The molecule has 8 heteroatoms. The Morgan fingerprint density at radius 1 is 1.00 bits per heavy atom. The number of benzene rings is 2. The number of piperidine rings is 1. The first-order chi connectivity index (χ1) is 21.0. The minimum atomic E-state index is -0.364. The highest BCUT2D eigenvalue weighted by Crippen LogP contribution is 2.51. The maximum absolute atomic E-state index is 14.9. The van der Waals surface area contributed by atoms with E-state index in [2.05, 4.69) is 43.1 Å². The van der Waals surface area contributed by atoms with Crippen LogP contribution >= 0.6 is 0 Å². The summed E-state index contributed by atoms with van der Waals surface area (Å²) in [6.07, 6.45) is 7.25. The lowest BCUT2D eigenvalue weighted by atomic mass is 9.57. The van der Waals surface area contributed by atoms with Crippen molar-refractivity contribution in [2.24, 2.45) is 17.8 Å². The number of carbonyl (C=O) groups excluding carboxylic acids is 1. The number of amides is 1. The molecule has 1 aliphatic carbocycles. The molecule has 230 valence electrons. The van der Waals surface area contributed by atoms with Crippen molar-refractivity contribution in [2.75, 3.05) is 64.4 Å². The Morgan fingerprint density at radius 3 is 2.47 bits per heavy atom. The first kappa shape index (κ1) is 29.9. The minimum Gasteiger partial charge on any atom is -0.453 e. The first-order valence-corrected chi connectivity index (χ1v) is 16.3. The van der Waals surface area contributed by atoms with Crippen molar-refractivity contribution in [1.82, 2.24) is 15.1 Å². The Kier molecular flexibility index (Phi) is 9.20. The molecule has 1 N–H and O–H groups in total. The van der Waals surface area contributed by atoms with Crippen molar-refractivity contribution in [1.29, 1.82) is 0 Å². The molecule has 0 bridgehead atoms. The van der Waals surface area contributed by atoms with Gasteiger partial charge in [-0.05, 0) is 112 Å². The van der Waals surface area contributed by atoms with Gasteiger partial charge >= 0.3 is 6.09 Å². The average Bonchev–Trinajstić information content (AvgIpc) is 3.67. The molecule has 1 saturated carbocycles. The van der Waals surface area contributed by atoms with Crippen molar-refractivity contribution in [2.45, 2.75) is 56.4 Å². The van der Waals surface area contributed by atoms with Gasteiger partial charge in [-0.3, -0.25) is 0 Å². The summed E-state index contributed by atoms with van der Waals surface area (Å²) in [5, 5.41) is 3.19. The molecule has 3 saturated heterocycles. The molecule has 3 aliphatic heterocycles. The number of nitrogens with zero attached hydrogens (tertiary/aromatic N) is 4. The van der Waals surface area contributed by atoms with Crippen LogP contribution in [0.1, 0.15) is 50.5 Å². The minimum absolute atomic E-state index is 0.0309. The van der Waals surface area contributed by atoms with Crippen LogP contribution in [0.4, 0.5) is 20.6 Å². The van der Waals surface area contributed by atoms with Crippen LogP contribution in [-0.2, 0) is 10.2 Å². The summed E-state index contributed by atoms with van der Waals surface area (Å²) in [6, 6.07) is 15.4. The van der Waals surface area contributed by atoms with E-state index in [1.807, 2.05) is 18.2 Å². The third kappa shape index (κ3) is 6.39. The lowest BCUT2D eigenvalue weighted by Crippen LogP contribution is -2.59. The number of nitrogens with one attached hydrogen (secondary N) is 1. The highest BCUT2D eigenvalue weighted by atomic mass is 19.1. The maximum Gasteiger partial charge on any atom is 0.407 e. The number of hydrogen-bond donors (Lipinski definition) is 1. The molecule has 0 aromatic heterocycles. The number of anilines is 1. The lowest BCUT2D eigenvalue weighted by molar-refractivity contribution is 0.0235. The molecule has 2 aromatic carbocycles. The fourth-order valence-electron chi connectivity index (χ4n) is 8.69. The second-order valence-corrected chi connectivity index (χ2v) is 13.3. The lowest BCUT2D eigenvalue weighted by Gasteiger charge is -2.53. The summed E-state index contributed by atoms with van der Waals surface area (Å²) in [5.41, 5.74) is 2.79. The number of methoxy groups -OCH3 is 1. The van der Waals surface area contributed by atoms with Crippen molar-refractivity contribution in [3.8, 4) is 0 Å². The zero-order chi connectivity index (χ0) is 29.8. The summed E-state index contributed by atoms with van der Waals surface area (Å²) in [6.45, 7) is 15.7. The number of rotatable bonds is 9. The molecule has 0 spiro atoms. The molecule has 2 aromatic rings. The van der Waals surface area contributed by atoms with E-state index in [0.717, 1.165) is 90.0 Å². The van der Waals surface area contributed by atoms with Gasteiger partial charge in [0, 0.05) is 43.3 Å². The van der Waals surface area contributed by atoms with Gasteiger partial charge in [0.15, 0.2) is 5.69 Å². The van der Waals surface area contributed by atoms with Crippen LogP contribution in [0.25, 0.3) is 4.85 Å². The number of carbonyl (C=O) groups is 1. The maximum atomic E-state index is 14.9. The SMILES string of the molecule is [C-]#[N+]c1ccc(N2CC[C@@H](CN3CCC([C@@](CN4CCC4)(c4cccc(F)c4)[C@H]4CCC[C@@H]4NC(=O)OC)CC3)C2)cc1. The largest absolute Gasteiger partial charge is 0.453 e. The zero-order valence-electron chi connectivity index (χ0n) is 25.5. The number of halogens is 1.